The summed E-state index contributed by atoms with van der Waals surface area (Å²) in [5.74, 6) is -0.0415. The van der Waals surface area contributed by atoms with Crippen molar-refractivity contribution < 1.29 is 13.2 Å². The third-order valence-electron chi connectivity index (χ3n) is 3.03. The van der Waals surface area contributed by atoms with E-state index in [2.05, 4.69) is 9.44 Å². The van der Waals surface area contributed by atoms with E-state index in [0.717, 1.165) is 5.56 Å². The van der Waals surface area contributed by atoms with Gasteiger partial charge in [-0.2, -0.15) is 13.1 Å². The highest BCUT2D eigenvalue weighted by Crippen LogP contribution is 2.35. The van der Waals surface area contributed by atoms with Gasteiger partial charge in [0.25, 0.3) is 10.2 Å². The summed E-state index contributed by atoms with van der Waals surface area (Å²) in [6, 6.07) is 3.20. The Bertz CT molecular complexity index is 646. The molecule has 0 atom stereocenters. The molecule has 0 spiro atoms. The van der Waals surface area contributed by atoms with E-state index in [1.54, 1.807) is 19.2 Å². The molecular weight excluding hydrogens is 302 g/mol. The number of nitrogens with zero attached hydrogens (tertiary/aromatic N) is 1. The Morgan fingerprint density at radius 3 is 2.75 bits per heavy atom. The first-order chi connectivity index (χ1) is 9.34. The molecule has 0 saturated carbocycles. The third kappa shape index (κ3) is 3.05. The van der Waals surface area contributed by atoms with Crippen molar-refractivity contribution in [3.8, 4) is 0 Å². The number of hydrogen-bond acceptors (Lipinski definition) is 3. The molecule has 1 aliphatic heterocycles. The van der Waals surface area contributed by atoms with E-state index in [1.807, 2.05) is 6.92 Å². The van der Waals surface area contributed by atoms with Crippen molar-refractivity contribution in [1.29, 1.82) is 0 Å². The van der Waals surface area contributed by atoms with Crippen LogP contribution < -0.4 is 14.3 Å². The number of halogens is 1. The van der Waals surface area contributed by atoms with E-state index in [1.165, 1.54) is 4.90 Å². The topological polar surface area (TPSA) is 78.5 Å². The minimum atomic E-state index is -3.65. The van der Waals surface area contributed by atoms with E-state index < -0.39 is 10.2 Å². The maximum absolute atomic E-state index is 11.8. The molecule has 0 aromatic heterocycles. The Hall–Kier alpha value is -1.31. The molecule has 0 fully saturated rings. The molecule has 20 heavy (non-hydrogen) atoms. The van der Waals surface area contributed by atoms with Crippen LogP contribution >= 0.6 is 11.6 Å². The van der Waals surface area contributed by atoms with Crippen molar-refractivity contribution in [3.05, 3.63) is 22.7 Å². The average molecular weight is 318 g/mol. The Balaban J connectivity index is 2.27. The molecule has 0 unspecified atom stereocenters. The van der Waals surface area contributed by atoms with Gasteiger partial charge in [0.05, 0.1) is 17.1 Å². The van der Waals surface area contributed by atoms with Gasteiger partial charge in [0.15, 0.2) is 0 Å². The largest absolute Gasteiger partial charge is 0.315 e. The minimum absolute atomic E-state index is 0.0415. The molecule has 1 aromatic rings. The van der Waals surface area contributed by atoms with Gasteiger partial charge >= 0.3 is 0 Å². The van der Waals surface area contributed by atoms with Crippen LogP contribution in [0.5, 0.6) is 0 Å². The fourth-order valence-electron chi connectivity index (χ4n) is 1.97. The van der Waals surface area contributed by atoms with Crippen LogP contribution in [0.4, 0.5) is 11.4 Å². The van der Waals surface area contributed by atoms with Crippen molar-refractivity contribution >= 4 is 39.1 Å². The number of fused-ring (bicyclic) bond motifs is 1. The number of hydrogen-bond donors (Lipinski definition) is 2. The molecule has 2 rings (SSSR count). The maximum atomic E-state index is 11.8. The fourth-order valence-corrected chi connectivity index (χ4v) is 3.24. The third-order valence-corrected chi connectivity index (χ3v) is 4.42. The van der Waals surface area contributed by atoms with Crippen LogP contribution in [0.1, 0.15) is 18.9 Å². The molecule has 0 radical (unpaired) electrons. The molecule has 1 heterocycles. The first-order valence-corrected chi connectivity index (χ1v) is 8.06. The zero-order valence-corrected chi connectivity index (χ0v) is 12.8. The van der Waals surface area contributed by atoms with Crippen LogP contribution in [-0.2, 0) is 21.4 Å². The first kappa shape index (κ1) is 15.1. The molecule has 2 N–H and O–H groups in total. The summed E-state index contributed by atoms with van der Waals surface area (Å²) in [6.07, 6.45) is 0.943. The summed E-state index contributed by atoms with van der Waals surface area (Å²) in [4.78, 5) is 13.1. The number of carbonyl (C=O) groups is 1. The molecular formula is C12H16ClN3O3S. The highest BCUT2D eigenvalue weighted by atomic mass is 35.5. The van der Waals surface area contributed by atoms with E-state index >= 15 is 0 Å². The minimum Gasteiger partial charge on any atom is -0.315 e. The quantitative estimate of drug-likeness (QED) is 0.864. The first-order valence-electron chi connectivity index (χ1n) is 6.20. The van der Waals surface area contributed by atoms with Crippen molar-refractivity contribution in [3.63, 3.8) is 0 Å². The van der Waals surface area contributed by atoms with E-state index in [-0.39, 0.29) is 23.0 Å². The molecule has 1 amide bonds. The molecule has 0 saturated heterocycles. The standard InChI is InChI=1S/C12H16ClN3O3S/c1-3-4-14-20(18,19)15-10-5-8-6-12(17)16(2)11(8)7-9(10)13/h5,7,14-15H,3-4,6H2,1-2H3. The number of anilines is 2. The van der Waals surface area contributed by atoms with Gasteiger partial charge in [-0.15, -0.1) is 0 Å². The summed E-state index contributed by atoms with van der Waals surface area (Å²) in [6.45, 7) is 2.21. The predicted octanol–water partition coefficient (Wildman–Crippen LogP) is 1.52. The van der Waals surface area contributed by atoms with Crippen LogP contribution in [0.2, 0.25) is 5.02 Å². The Morgan fingerprint density at radius 2 is 2.10 bits per heavy atom. The fraction of sp³-hybridized carbons (Fsp3) is 0.417. The SMILES string of the molecule is CCCNS(=O)(=O)Nc1cc2c(cc1Cl)N(C)C(=O)C2. The molecule has 6 nitrogen and oxygen atoms in total. The van der Waals surface area contributed by atoms with Gasteiger partial charge in [-0.1, -0.05) is 18.5 Å². The molecule has 0 bridgehead atoms. The summed E-state index contributed by atoms with van der Waals surface area (Å²) in [5, 5.41) is 0.257. The van der Waals surface area contributed by atoms with Gasteiger partial charge in [0, 0.05) is 19.3 Å². The predicted molar refractivity (Wildman–Crippen MR) is 79.4 cm³/mol. The second-order valence-corrected chi connectivity index (χ2v) is 6.50. The second kappa shape index (κ2) is 5.59. The zero-order chi connectivity index (χ0) is 14.9. The van der Waals surface area contributed by atoms with Gasteiger partial charge in [0.2, 0.25) is 5.91 Å². The van der Waals surface area contributed by atoms with Crippen molar-refractivity contribution in [2.24, 2.45) is 0 Å². The van der Waals surface area contributed by atoms with E-state index in [9.17, 15) is 13.2 Å². The number of benzene rings is 1. The lowest BCUT2D eigenvalue weighted by atomic mass is 10.1. The molecule has 0 aliphatic carbocycles. The number of rotatable bonds is 5. The summed E-state index contributed by atoms with van der Waals surface area (Å²) >= 11 is 6.07. The zero-order valence-electron chi connectivity index (χ0n) is 11.2. The van der Waals surface area contributed by atoms with Crippen molar-refractivity contribution in [2.45, 2.75) is 19.8 Å². The van der Waals surface area contributed by atoms with Crippen LogP contribution in [0.15, 0.2) is 12.1 Å². The Kier molecular flexibility index (Phi) is 4.22. The molecule has 1 aliphatic rings. The van der Waals surface area contributed by atoms with Crippen LogP contribution in [0, 0.1) is 0 Å². The van der Waals surface area contributed by atoms with E-state index in [0.29, 0.717) is 18.7 Å². The number of carbonyl (C=O) groups excluding carboxylic acids is 1. The highest BCUT2D eigenvalue weighted by molar-refractivity contribution is 7.90. The van der Waals surface area contributed by atoms with Crippen molar-refractivity contribution in [2.75, 3.05) is 23.2 Å². The van der Waals surface area contributed by atoms with Gasteiger partial charge < -0.3 is 4.90 Å². The summed E-state index contributed by atoms with van der Waals surface area (Å²) in [5.41, 5.74) is 1.75. The summed E-state index contributed by atoms with van der Waals surface area (Å²) in [7, 11) is -1.98. The summed E-state index contributed by atoms with van der Waals surface area (Å²) < 4.78 is 28.3. The van der Waals surface area contributed by atoms with Crippen molar-refractivity contribution in [1.82, 2.24) is 4.72 Å². The molecule has 8 heteroatoms. The van der Waals surface area contributed by atoms with Crippen LogP contribution in [0.3, 0.4) is 0 Å². The Morgan fingerprint density at radius 1 is 1.40 bits per heavy atom. The lowest BCUT2D eigenvalue weighted by Gasteiger charge is -2.14. The lowest BCUT2D eigenvalue weighted by Crippen LogP contribution is -2.30. The van der Waals surface area contributed by atoms with Gasteiger partial charge in [0.1, 0.15) is 0 Å². The smallest absolute Gasteiger partial charge is 0.299 e. The Labute approximate surface area is 123 Å². The van der Waals surface area contributed by atoms with Crippen LogP contribution in [0.25, 0.3) is 0 Å². The van der Waals surface area contributed by atoms with Gasteiger partial charge in [-0.25, -0.2) is 0 Å². The highest BCUT2D eigenvalue weighted by Gasteiger charge is 2.26. The number of amides is 1. The lowest BCUT2D eigenvalue weighted by molar-refractivity contribution is -0.117. The monoisotopic (exact) mass is 317 g/mol. The number of nitrogens with one attached hydrogen (secondary N) is 2. The average Bonchev–Trinajstić information content (AvgIpc) is 2.63. The van der Waals surface area contributed by atoms with Gasteiger partial charge in [-0.05, 0) is 24.1 Å². The maximum Gasteiger partial charge on any atom is 0.299 e. The molecule has 110 valence electrons. The van der Waals surface area contributed by atoms with E-state index in [4.69, 9.17) is 11.6 Å². The van der Waals surface area contributed by atoms with Crippen LogP contribution in [-0.4, -0.2) is 27.9 Å². The molecule has 1 aromatic carbocycles. The van der Waals surface area contributed by atoms with Gasteiger partial charge in [-0.3, -0.25) is 9.52 Å². The number of likely N-dealkylation sites (N-methyl/N-ethyl adjacent to an activating group) is 1. The normalized spacial score (nSPS) is 14.6. The second-order valence-electron chi connectivity index (χ2n) is 4.59.